The number of carbonyl (C=O) groups excluding carboxylic acids is 1. The zero-order valence-corrected chi connectivity index (χ0v) is 16.0. The Hall–Kier alpha value is -3.03. The molecular weight excluding hydrogens is 342 g/mol. The highest BCUT2D eigenvalue weighted by molar-refractivity contribution is 5.77. The van der Waals surface area contributed by atoms with Gasteiger partial charge in [-0.25, -0.2) is 9.31 Å². The minimum atomic E-state index is 0.0191. The number of hydrogen-bond donors (Lipinski definition) is 1. The minimum absolute atomic E-state index is 0.0191. The fourth-order valence-corrected chi connectivity index (χ4v) is 3.44. The Morgan fingerprint density at radius 1 is 1.04 bits per heavy atom. The molecule has 1 aliphatic rings. The fourth-order valence-electron chi connectivity index (χ4n) is 3.44. The van der Waals surface area contributed by atoms with Gasteiger partial charge in [0.1, 0.15) is 0 Å². The SMILES string of the molecule is CC(C)NC(=O)N1CCN(c2cnn3cc(-c4cnn(C)c4)ccc23)CC1. The van der Waals surface area contributed by atoms with Crippen molar-refractivity contribution in [2.45, 2.75) is 19.9 Å². The van der Waals surface area contributed by atoms with Crippen LogP contribution in [0.25, 0.3) is 16.6 Å². The molecule has 1 saturated heterocycles. The second-order valence-electron chi connectivity index (χ2n) is 7.26. The number of hydrogen-bond acceptors (Lipinski definition) is 4. The van der Waals surface area contributed by atoms with Crippen molar-refractivity contribution >= 4 is 17.2 Å². The Balaban J connectivity index is 1.49. The number of fused-ring (bicyclic) bond motifs is 1. The Morgan fingerprint density at radius 2 is 1.81 bits per heavy atom. The third-order valence-electron chi connectivity index (χ3n) is 4.85. The number of rotatable bonds is 3. The summed E-state index contributed by atoms with van der Waals surface area (Å²) in [6.45, 7) is 6.99. The summed E-state index contributed by atoms with van der Waals surface area (Å²) in [5, 5.41) is 11.7. The van der Waals surface area contributed by atoms with Gasteiger partial charge in [0.05, 0.1) is 23.6 Å². The van der Waals surface area contributed by atoms with E-state index in [1.807, 2.05) is 55.1 Å². The first-order valence-corrected chi connectivity index (χ1v) is 9.28. The summed E-state index contributed by atoms with van der Waals surface area (Å²) in [5.41, 5.74) is 4.33. The van der Waals surface area contributed by atoms with Crippen LogP contribution in [0, 0.1) is 0 Å². The molecule has 0 atom stereocenters. The maximum atomic E-state index is 12.2. The smallest absolute Gasteiger partial charge is 0.317 e. The van der Waals surface area contributed by atoms with Crippen LogP contribution < -0.4 is 10.2 Å². The maximum absolute atomic E-state index is 12.2. The predicted octanol–water partition coefficient (Wildman–Crippen LogP) is 1.97. The summed E-state index contributed by atoms with van der Waals surface area (Å²) >= 11 is 0. The molecule has 8 nitrogen and oxygen atoms in total. The lowest BCUT2D eigenvalue weighted by Gasteiger charge is -2.35. The van der Waals surface area contributed by atoms with Crippen LogP contribution in [0.1, 0.15) is 13.8 Å². The molecule has 8 heteroatoms. The van der Waals surface area contributed by atoms with E-state index in [0.29, 0.717) is 13.1 Å². The number of aryl methyl sites for hydroxylation is 1. The number of nitrogens with one attached hydrogen (secondary N) is 1. The molecule has 142 valence electrons. The van der Waals surface area contributed by atoms with Crippen LogP contribution in [0.5, 0.6) is 0 Å². The zero-order valence-electron chi connectivity index (χ0n) is 16.0. The van der Waals surface area contributed by atoms with Crippen molar-refractivity contribution in [2.75, 3.05) is 31.1 Å². The number of amides is 2. The maximum Gasteiger partial charge on any atom is 0.317 e. The topological polar surface area (TPSA) is 70.7 Å². The molecular formula is C19H25N7O. The molecule has 4 heterocycles. The molecule has 0 aromatic carbocycles. The molecule has 4 rings (SSSR count). The monoisotopic (exact) mass is 367 g/mol. The molecule has 3 aromatic rings. The second-order valence-corrected chi connectivity index (χ2v) is 7.26. The van der Waals surface area contributed by atoms with Crippen LogP contribution in [-0.2, 0) is 7.05 Å². The summed E-state index contributed by atoms with van der Waals surface area (Å²) in [7, 11) is 1.91. The Morgan fingerprint density at radius 3 is 2.48 bits per heavy atom. The molecule has 1 aliphatic heterocycles. The molecule has 3 aromatic heterocycles. The number of anilines is 1. The Bertz CT molecular complexity index is 950. The quantitative estimate of drug-likeness (QED) is 0.768. The average Bonchev–Trinajstić information content (AvgIpc) is 3.27. The number of pyridine rings is 1. The average molecular weight is 367 g/mol. The van der Waals surface area contributed by atoms with Crippen molar-refractivity contribution in [1.29, 1.82) is 0 Å². The molecule has 0 saturated carbocycles. The first-order valence-electron chi connectivity index (χ1n) is 9.28. The van der Waals surface area contributed by atoms with Gasteiger partial charge in [-0.1, -0.05) is 6.07 Å². The summed E-state index contributed by atoms with van der Waals surface area (Å²) in [6.07, 6.45) is 7.79. The van der Waals surface area contributed by atoms with Crippen molar-refractivity contribution in [3.05, 3.63) is 36.9 Å². The van der Waals surface area contributed by atoms with Gasteiger partial charge in [-0.2, -0.15) is 10.2 Å². The molecule has 1 N–H and O–H groups in total. The van der Waals surface area contributed by atoms with Crippen molar-refractivity contribution in [3.8, 4) is 11.1 Å². The molecule has 1 fully saturated rings. The van der Waals surface area contributed by atoms with Crippen LogP contribution in [-0.4, -0.2) is 62.5 Å². The van der Waals surface area contributed by atoms with Gasteiger partial charge in [-0.05, 0) is 19.9 Å². The zero-order chi connectivity index (χ0) is 19.0. The predicted molar refractivity (Wildman–Crippen MR) is 105 cm³/mol. The van der Waals surface area contributed by atoms with Gasteiger partial charge >= 0.3 is 6.03 Å². The molecule has 2 amide bonds. The summed E-state index contributed by atoms with van der Waals surface area (Å²) in [4.78, 5) is 16.3. The minimum Gasteiger partial charge on any atom is -0.365 e. The summed E-state index contributed by atoms with van der Waals surface area (Å²) in [6, 6.07) is 4.38. The molecule has 0 radical (unpaired) electrons. The van der Waals surface area contributed by atoms with Crippen molar-refractivity contribution < 1.29 is 4.79 Å². The van der Waals surface area contributed by atoms with Gasteiger partial charge in [-0.3, -0.25) is 4.68 Å². The van der Waals surface area contributed by atoms with Crippen LogP contribution >= 0.6 is 0 Å². The van der Waals surface area contributed by atoms with Crippen LogP contribution in [0.4, 0.5) is 10.5 Å². The van der Waals surface area contributed by atoms with E-state index in [4.69, 9.17) is 0 Å². The van der Waals surface area contributed by atoms with E-state index in [2.05, 4.69) is 32.5 Å². The highest BCUT2D eigenvalue weighted by atomic mass is 16.2. The lowest BCUT2D eigenvalue weighted by molar-refractivity contribution is 0.192. The Kier molecular flexibility index (Phi) is 4.47. The number of nitrogens with zero attached hydrogens (tertiary/aromatic N) is 6. The molecule has 0 aliphatic carbocycles. The van der Waals surface area contributed by atoms with E-state index in [1.54, 1.807) is 4.68 Å². The first kappa shape index (κ1) is 17.4. The summed E-state index contributed by atoms with van der Waals surface area (Å²) < 4.78 is 3.71. The third-order valence-corrected chi connectivity index (χ3v) is 4.85. The molecule has 0 unspecified atom stereocenters. The van der Waals surface area contributed by atoms with E-state index in [-0.39, 0.29) is 12.1 Å². The van der Waals surface area contributed by atoms with Crippen LogP contribution in [0.3, 0.4) is 0 Å². The largest absolute Gasteiger partial charge is 0.365 e. The van der Waals surface area contributed by atoms with E-state index >= 15 is 0 Å². The standard InChI is InChI=1S/C19H25N7O/c1-14(2)22-19(27)25-8-6-24(7-9-25)18-11-21-26-13-15(4-5-17(18)26)16-10-20-23(3)12-16/h4-5,10-14H,6-9H2,1-3H3,(H,22,27). The number of urea groups is 1. The van der Waals surface area contributed by atoms with Crippen molar-refractivity contribution in [3.63, 3.8) is 0 Å². The first-order chi connectivity index (χ1) is 13.0. The van der Waals surface area contributed by atoms with Crippen molar-refractivity contribution in [1.82, 2.24) is 29.6 Å². The lowest BCUT2D eigenvalue weighted by Crippen LogP contribution is -2.52. The Labute approximate surface area is 158 Å². The molecule has 0 spiro atoms. The summed E-state index contributed by atoms with van der Waals surface area (Å²) in [5.74, 6) is 0. The van der Waals surface area contributed by atoms with E-state index < -0.39 is 0 Å². The van der Waals surface area contributed by atoms with Gasteiger partial charge < -0.3 is 15.1 Å². The van der Waals surface area contributed by atoms with Gasteiger partial charge in [0.15, 0.2) is 0 Å². The highest BCUT2D eigenvalue weighted by Crippen LogP contribution is 2.26. The van der Waals surface area contributed by atoms with E-state index in [0.717, 1.165) is 35.4 Å². The van der Waals surface area contributed by atoms with Crippen LogP contribution in [0.15, 0.2) is 36.9 Å². The third kappa shape index (κ3) is 3.47. The molecule has 27 heavy (non-hydrogen) atoms. The lowest BCUT2D eigenvalue weighted by atomic mass is 10.1. The van der Waals surface area contributed by atoms with E-state index in [9.17, 15) is 4.79 Å². The molecule has 0 bridgehead atoms. The second kappa shape index (κ2) is 6.94. The number of aromatic nitrogens is 4. The number of piperazine rings is 1. The highest BCUT2D eigenvalue weighted by Gasteiger charge is 2.23. The fraction of sp³-hybridized carbons (Fsp3) is 0.421. The van der Waals surface area contributed by atoms with Crippen molar-refractivity contribution in [2.24, 2.45) is 7.05 Å². The van der Waals surface area contributed by atoms with Gasteiger partial charge in [0.25, 0.3) is 0 Å². The van der Waals surface area contributed by atoms with E-state index in [1.165, 1.54) is 0 Å². The normalized spacial score (nSPS) is 15.0. The van der Waals surface area contributed by atoms with Gasteiger partial charge in [0, 0.05) is 62.8 Å². The number of carbonyl (C=O) groups is 1. The van der Waals surface area contributed by atoms with Gasteiger partial charge in [-0.15, -0.1) is 0 Å². The van der Waals surface area contributed by atoms with Gasteiger partial charge in [0.2, 0.25) is 0 Å². The van der Waals surface area contributed by atoms with Crippen LogP contribution in [0.2, 0.25) is 0 Å².